The van der Waals surface area contributed by atoms with Crippen LogP contribution < -0.4 is 11.1 Å². The van der Waals surface area contributed by atoms with Gasteiger partial charge in [0.05, 0.1) is 12.7 Å². The smallest absolute Gasteiger partial charge is 0.295 e. The summed E-state index contributed by atoms with van der Waals surface area (Å²) in [5.74, 6) is 0. The number of nitrogens with one attached hydrogen (secondary N) is 1. The van der Waals surface area contributed by atoms with Gasteiger partial charge in [0, 0.05) is 12.2 Å². The molecular formula is C14H19N3O2. The molecule has 3 N–H and O–H groups in total. The first-order chi connectivity index (χ1) is 9.31. The van der Waals surface area contributed by atoms with Gasteiger partial charge >= 0.3 is 0 Å². The van der Waals surface area contributed by atoms with Crippen LogP contribution in [0.1, 0.15) is 25.7 Å². The number of nitrogens with zero attached hydrogens (tertiary/aromatic N) is 1. The second-order valence-electron chi connectivity index (χ2n) is 4.95. The van der Waals surface area contributed by atoms with Gasteiger partial charge < -0.3 is 20.2 Å². The quantitative estimate of drug-likeness (QED) is 0.639. The minimum atomic E-state index is 0.449. The number of nitrogens with two attached hydrogens (primary N) is 1. The Balaban J connectivity index is 1.50. The molecule has 1 aliphatic rings. The average Bonchev–Trinajstić information content (AvgIpc) is 3.02. The summed E-state index contributed by atoms with van der Waals surface area (Å²) >= 11 is 0. The fourth-order valence-electron chi connectivity index (χ4n) is 2.46. The molecule has 1 aromatic heterocycles. The number of ether oxygens (including phenoxy) is 1. The Bertz CT molecular complexity index is 547. The van der Waals surface area contributed by atoms with Crippen molar-refractivity contribution in [3.63, 3.8) is 0 Å². The summed E-state index contributed by atoms with van der Waals surface area (Å²) in [5.41, 5.74) is 7.92. The number of nitrogen functional groups attached to an aromatic ring is 1. The van der Waals surface area contributed by atoms with Crippen LogP contribution in [0.4, 0.5) is 11.7 Å². The molecule has 0 amide bonds. The molecule has 1 heterocycles. The van der Waals surface area contributed by atoms with Crippen LogP contribution in [0.2, 0.25) is 0 Å². The lowest BCUT2D eigenvalue weighted by Crippen LogP contribution is -2.15. The highest BCUT2D eigenvalue weighted by molar-refractivity contribution is 5.78. The maximum Gasteiger partial charge on any atom is 0.295 e. The van der Waals surface area contributed by atoms with E-state index >= 15 is 0 Å². The van der Waals surface area contributed by atoms with Gasteiger partial charge in [0.15, 0.2) is 5.58 Å². The molecule has 0 aliphatic heterocycles. The fraction of sp³-hybridized carbons (Fsp3) is 0.500. The zero-order valence-corrected chi connectivity index (χ0v) is 10.9. The van der Waals surface area contributed by atoms with Gasteiger partial charge in [-0.15, -0.1) is 0 Å². The van der Waals surface area contributed by atoms with Crippen molar-refractivity contribution >= 4 is 22.8 Å². The van der Waals surface area contributed by atoms with Crippen LogP contribution in [0, 0.1) is 0 Å². The van der Waals surface area contributed by atoms with Crippen molar-refractivity contribution in [1.82, 2.24) is 4.98 Å². The molecule has 19 heavy (non-hydrogen) atoms. The SMILES string of the molecule is Nc1ccc2oc(NCCOC3CCCC3)nc2c1. The molecular weight excluding hydrogens is 242 g/mol. The molecule has 0 bridgehead atoms. The highest BCUT2D eigenvalue weighted by atomic mass is 16.5. The molecule has 102 valence electrons. The highest BCUT2D eigenvalue weighted by Gasteiger charge is 2.14. The van der Waals surface area contributed by atoms with Crippen molar-refractivity contribution in [2.45, 2.75) is 31.8 Å². The second-order valence-corrected chi connectivity index (χ2v) is 4.95. The normalized spacial score (nSPS) is 16.2. The van der Waals surface area contributed by atoms with E-state index in [9.17, 15) is 0 Å². The molecule has 1 aromatic carbocycles. The molecule has 0 spiro atoms. The van der Waals surface area contributed by atoms with Gasteiger partial charge in [-0.05, 0) is 31.0 Å². The maximum atomic E-state index is 5.77. The van der Waals surface area contributed by atoms with Crippen molar-refractivity contribution in [2.75, 3.05) is 24.2 Å². The van der Waals surface area contributed by atoms with E-state index in [1.54, 1.807) is 12.1 Å². The van der Waals surface area contributed by atoms with Crippen molar-refractivity contribution < 1.29 is 9.15 Å². The highest BCUT2D eigenvalue weighted by Crippen LogP contribution is 2.22. The Morgan fingerprint density at radius 3 is 3.05 bits per heavy atom. The first-order valence-corrected chi connectivity index (χ1v) is 6.83. The number of hydrogen-bond acceptors (Lipinski definition) is 5. The first kappa shape index (κ1) is 12.3. The van der Waals surface area contributed by atoms with E-state index in [4.69, 9.17) is 14.9 Å². The molecule has 3 rings (SSSR count). The monoisotopic (exact) mass is 261 g/mol. The average molecular weight is 261 g/mol. The van der Waals surface area contributed by atoms with Gasteiger partial charge in [-0.25, -0.2) is 0 Å². The number of fused-ring (bicyclic) bond motifs is 1. The lowest BCUT2D eigenvalue weighted by molar-refractivity contribution is 0.0657. The summed E-state index contributed by atoms with van der Waals surface area (Å²) in [6.45, 7) is 1.39. The largest absolute Gasteiger partial charge is 0.424 e. The van der Waals surface area contributed by atoms with E-state index in [-0.39, 0.29) is 0 Å². The molecule has 0 unspecified atom stereocenters. The van der Waals surface area contributed by atoms with E-state index in [1.165, 1.54) is 25.7 Å². The summed E-state index contributed by atoms with van der Waals surface area (Å²) in [5, 5.41) is 3.13. The third-order valence-corrected chi connectivity index (χ3v) is 3.45. The van der Waals surface area contributed by atoms with E-state index in [0.29, 0.717) is 31.0 Å². The number of rotatable bonds is 5. The van der Waals surface area contributed by atoms with Crippen LogP contribution in [0.5, 0.6) is 0 Å². The zero-order chi connectivity index (χ0) is 13.1. The van der Waals surface area contributed by atoms with Crippen molar-refractivity contribution in [3.8, 4) is 0 Å². The molecule has 1 saturated carbocycles. The van der Waals surface area contributed by atoms with Crippen LogP contribution in [-0.2, 0) is 4.74 Å². The number of anilines is 2. The van der Waals surface area contributed by atoms with Gasteiger partial charge in [0.1, 0.15) is 5.52 Å². The topological polar surface area (TPSA) is 73.3 Å². The van der Waals surface area contributed by atoms with E-state index in [0.717, 1.165) is 11.1 Å². The van der Waals surface area contributed by atoms with Gasteiger partial charge in [-0.3, -0.25) is 0 Å². The predicted octanol–water partition coefficient (Wildman–Crippen LogP) is 2.78. The third-order valence-electron chi connectivity index (χ3n) is 3.45. The Kier molecular flexibility index (Phi) is 3.55. The van der Waals surface area contributed by atoms with Gasteiger partial charge in [-0.2, -0.15) is 4.98 Å². The lowest BCUT2D eigenvalue weighted by atomic mass is 10.3. The van der Waals surface area contributed by atoms with Crippen molar-refractivity contribution in [2.24, 2.45) is 0 Å². The minimum Gasteiger partial charge on any atom is -0.424 e. The summed E-state index contributed by atoms with van der Waals surface area (Å²) in [6, 6.07) is 5.97. The maximum absolute atomic E-state index is 5.77. The third kappa shape index (κ3) is 2.98. The van der Waals surface area contributed by atoms with Gasteiger partial charge in [0.2, 0.25) is 0 Å². The molecule has 5 nitrogen and oxygen atoms in total. The Labute approximate surface area is 112 Å². The van der Waals surface area contributed by atoms with Gasteiger partial charge in [-0.1, -0.05) is 12.8 Å². The number of benzene rings is 1. The first-order valence-electron chi connectivity index (χ1n) is 6.83. The Morgan fingerprint density at radius 2 is 2.21 bits per heavy atom. The van der Waals surface area contributed by atoms with Gasteiger partial charge in [0.25, 0.3) is 6.01 Å². The summed E-state index contributed by atoms with van der Waals surface area (Å²) in [4.78, 5) is 4.33. The zero-order valence-electron chi connectivity index (χ0n) is 10.9. The van der Waals surface area contributed by atoms with E-state index < -0.39 is 0 Å². The molecule has 2 aromatic rings. The summed E-state index contributed by atoms with van der Waals surface area (Å²) in [7, 11) is 0. The van der Waals surface area contributed by atoms with Crippen LogP contribution >= 0.6 is 0 Å². The van der Waals surface area contributed by atoms with Crippen LogP contribution in [0.15, 0.2) is 22.6 Å². The number of aromatic nitrogens is 1. The van der Waals surface area contributed by atoms with Crippen LogP contribution in [-0.4, -0.2) is 24.2 Å². The Hall–Kier alpha value is -1.75. The Morgan fingerprint density at radius 1 is 1.37 bits per heavy atom. The predicted molar refractivity (Wildman–Crippen MR) is 75.1 cm³/mol. The molecule has 5 heteroatoms. The van der Waals surface area contributed by atoms with E-state index in [2.05, 4.69) is 10.3 Å². The van der Waals surface area contributed by atoms with Crippen molar-refractivity contribution in [1.29, 1.82) is 0 Å². The summed E-state index contributed by atoms with van der Waals surface area (Å²) < 4.78 is 11.3. The standard InChI is InChI=1S/C14H19N3O2/c15-10-5-6-13-12(9-10)17-14(19-13)16-7-8-18-11-3-1-2-4-11/h5-6,9,11H,1-4,7-8,15H2,(H,16,17). The number of hydrogen-bond donors (Lipinski definition) is 2. The van der Waals surface area contributed by atoms with Crippen LogP contribution in [0.3, 0.4) is 0 Å². The number of oxazole rings is 1. The summed E-state index contributed by atoms with van der Waals surface area (Å²) in [6.07, 6.45) is 5.44. The molecule has 0 saturated heterocycles. The minimum absolute atomic E-state index is 0.449. The second kappa shape index (κ2) is 5.48. The van der Waals surface area contributed by atoms with Crippen molar-refractivity contribution in [3.05, 3.63) is 18.2 Å². The molecule has 0 atom stereocenters. The van der Waals surface area contributed by atoms with Crippen LogP contribution in [0.25, 0.3) is 11.1 Å². The molecule has 1 aliphatic carbocycles. The van der Waals surface area contributed by atoms with E-state index in [1.807, 2.05) is 6.07 Å². The lowest BCUT2D eigenvalue weighted by Gasteiger charge is -2.10. The molecule has 1 fully saturated rings. The molecule has 0 radical (unpaired) electrons. The fourth-order valence-corrected chi connectivity index (χ4v) is 2.46.